The van der Waals surface area contributed by atoms with E-state index in [0.717, 1.165) is 38.2 Å². The second kappa shape index (κ2) is 7.56. The van der Waals surface area contributed by atoms with E-state index < -0.39 is 0 Å². The van der Waals surface area contributed by atoms with Crippen molar-refractivity contribution in [3.63, 3.8) is 0 Å². The number of hydrogen-bond donors (Lipinski definition) is 1. The van der Waals surface area contributed by atoms with Crippen molar-refractivity contribution in [2.24, 2.45) is 5.92 Å². The second-order valence-corrected chi connectivity index (χ2v) is 7.14. The van der Waals surface area contributed by atoms with Gasteiger partial charge in [-0.2, -0.15) is 5.26 Å². The van der Waals surface area contributed by atoms with Gasteiger partial charge in [-0.25, -0.2) is 4.98 Å². The number of carbonyl (C=O) groups is 1. The van der Waals surface area contributed by atoms with Crippen LogP contribution in [0.2, 0.25) is 0 Å². The zero-order chi connectivity index (χ0) is 16.9. The normalized spacial score (nSPS) is 18.1. The summed E-state index contributed by atoms with van der Waals surface area (Å²) in [4.78, 5) is 20.3. The highest BCUT2D eigenvalue weighted by atomic mass is 32.1. The maximum atomic E-state index is 12.5. The molecule has 2 aromatic heterocycles. The van der Waals surface area contributed by atoms with Crippen molar-refractivity contribution < 1.29 is 4.79 Å². The molecule has 0 aromatic carbocycles. The number of pyridine rings is 1. The van der Waals surface area contributed by atoms with E-state index in [-0.39, 0.29) is 11.8 Å². The molecule has 1 aliphatic heterocycles. The number of nitriles is 1. The van der Waals surface area contributed by atoms with Gasteiger partial charge in [-0.15, -0.1) is 11.3 Å². The van der Waals surface area contributed by atoms with E-state index in [1.165, 1.54) is 4.88 Å². The minimum atomic E-state index is -0.0172. The smallest absolute Gasteiger partial charge is 0.229 e. The van der Waals surface area contributed by atoms with Crippen LogP contribution in [-0.2, 0) is 11.3 Å². The van der Waals surface area contributed by atoms with Crippen LogP contribution in [0.1, 0.15) is 29.0 Å². The van der Waals surface area contributed by atoms with E-state index in [2.05, 4.69) is 21.3 Å². The maximum Gasteiger partial charge on any atom is 0.229 e. The molecule has 0 saturated carbocycles. The maximum absolute atomic E-state index is 12.5. The summed E-state index contributed by atoms with van der Waals surface area (Å²) in [5, 5.41) is 13.7. The van der Waals surface area contributed by atoms with Crippen molar-refractivity contribution in [1.82, 2.24) is 9.88 Å². The number of hydrogen-bond acceptors (Lipinski definition) is 5. The summed E-state index contributed by atoms with van der Waals surface area (Å²) in [5.74, 6) is 0.646. The van der Waals surface area contributed by atoms with Crippen molar-refractivity contribution in [3.05, 3.63) is 45.8 Å². The molecular weight excluding hydrogens is 320 g/mol. The average molecular weight is 340 g/mol. The number of nitrogens with one attached hydrogen (secondary N) is 1. The predicted molar refractivity (Wildman–Crippen MR) is 94.6 cm³/mol. The van der Waals surface area contributed by atoms with Gasteiger partial charge in [-0.05, 0) is 44.5 Å². The zero-order valence-corrected chi connectivity index (χ0v) is 14.5. The number of rotatable bonds is 4. The van der Waals surface area contributed by atoms with Gasteiger partial charge >= 0.3 is 0 Å². The Hall–Kier alpha value is -2.23. The van der Waals surface area contributed by atoms with Crippen molar-refractivity contribution in [2.45, 2.75) is 26.3 Å². The third-order valence-electron chi connectivity index (χ3n) is 4.18. The van der Waals surface area contributed by atoms with Crippen LogP contribution in [0.25, 0.3) is 0 Å². The van der Waals surface area contributed by atoms with Crippen molar-refractivity contribution in [3.8, 4) is 6.07 Å². The fourth-order valence-electron chi connectivity index (χ4n) is 3.00. The van der Waals surface area contributed by atoms with Gasteiger partial charge in [0.2, 0.25) is 5.91 Å². The molecule has 0 spiro atoms. The molecule has 0 aliphatic carbocycles. The number of thiophene rings is 1. The summed E-state index contributed by atoms with van der Waals surface area (Å²) in [7, 11) is 0. The van der Waals surface area contributed by atoms with Crippen LogP contribution in [0.15, 0.2) is 29.6 Å². The van der Waals surface area contributed by atoms with Gasteiger partial charge < -0.3 is 5.32 Å². The van der Waals surface area contributed by atoms with E-state index in [1.807, 2.05) is 36.6 Å². The Morgan fingerprint density at radius 2 is 2.42 bits per heavy atom. The molecule has 5 nitrogen and oxygen atoms in total. The van der Waals surface area contributed by atoms with Gasteiger partial charge in [0.25, 0.3) is 0 Å². The van der Waals surface area contributed by atoms with E-state index in [1.54, 1.807) is 11.3 Å². The fraction of sp³-hybridized carbons (Fsp3) is 0.389. The molecule has 1 saturated heterocycles. The molecular formula is C18H20N4OS. The highest BCUT2D eigenvalue weighted by Crippen LogP contribution is 2.22. The molecule has 24 heavy (non-hydrogen) atoms. The van der Waals surface area contributed by atoms with Gasteiger partial charge in [0.05, 0.1) is 11.5 Å². The van der Waals surface area contributed by atoms with Crippen LogP contribution in [0.3, 0.4) is 0 Å². The average Bonchev–Trinajstić information content (AvgIpc) is 3.03. The first-order valence-electron chi connectivity index (χ1n) is 8.08. The Kier molecular flexibility index (Phi) is 5.24. The Morgan fingerprint density at radius 3 is 3.17 bits per heavy atom. The first-order valence-corrected chi connectivity index (χ1v) is 8.96. The molecule has 124 valence electrons. The van der Waals surface area contributed by atoms with Crippen LogP contribution in [-0.4, -0.2) is 28.9 Å². The molecule has 0 unspecified atom stereocenters. The largest absolute Gasteiger partial charge is 0.310 e. The quantitative estimate of drug-likeness (QED) is 0.928. The van der Waals surface area contributed by atoms with E-state index >= 15 is 0 Å². The summed E-state index contributed by atoms with van der Waals surface area (Å²) in [5.41, 5.74) is 1.61. The molecule has 1 aliphatic rings. The van der Waals surface area contributed by atoms with Crippen LogP contribution in [0.5, 0.6) is 0 Å². The molecule has 1 amide bonds. The number of likely N-dealkylation sites (tertiary alicyclic amines) is 1. The third kappa shape index (κ3) is 4.19. The lowest BCUT2D eigenvalue weighted by Gasteiger charge is -2.31. The Balaban J connectivity index is 1.58. The predicted octanol–water partition coefficient (Wildman–Crippen LogP) is 3.17. The molecule has 2 aromatic rings. The summed E-state index contributed by atoms with van der Waals surface area (Å²) >= 11 is 1.61. The minimum absolute atomic E-state index is 0.0172. The first-order chi connectivity index (χ1) is 11.6. The van der Waals surface area contributed by atoms with E-state index in [0.29, 0.717) is 11.4 Å². The number of nitrogens with zero attached hydrogens (tertiary/aromatic N) is 3. The van der Waals surface area contributed by atoms with Crippen LogP contribution >= 0.6 is 11.3 Å². The van der Waals surface area contributed by atoms with Crippen LogP contribution < -0.4 is 5.32 Å². The fourth-order valence-corrected chi connectivity index (χ4v) is 3.85. The molecule has 3 rings (SSSR count). The van der Waals surface area contributed by atoms with Gasteiger partial charge in [0, 0.05) is 29.0 Å². The first kappa shape index (κ1) is 16.6. The molecule has 1 fully saturated rings. The lowest BCUT2D eigenvalue weighted by Crippen LogP contribution is -2.40. The van der Waals surface area contributed by atoms with Gasteiger partial charge in [0.15, 0.2) is 0 Å². The molecule has 0 radical (unpaired) electrons. The highest BCUT2D eigenvalue weighted by Gasteiger charge is 2.26. The second-order valence-electron chi connectivity index (χ2n) is 6.14. The lowest BCUT2D eigenvalue weighted by molar-refractivity contribution is -0.121. The van der Waals surface area contributed by atoms with Gasteiger partial charge in [0.1, 0.15) is 11.9 Å². The summed E-state index contributed by atoms with van der Waals surface area (Å²) in [6.45, 7) is 4.46. The molecule has 1 N–H and O–H groups in total. The Morgan fingerprint density at radius 1 is 1.54 bits per heavy atom. The molecule has 6 heteroatoms. The molecule has 1 atom stereocenters. The Bertz CT molecular complexity index is 764. The van der Waals surface area contributed by atoms with E-state index in [9.17, 15) is 4.79 Å². The van der Waals surface area contributed by atoms with Gasteiger partial charge in [-0.3, -0.25) is 9.69 Å². The van der Waals surface area contributed by atoms with Crippen molar-refractivity contribution >= 4 is 23.1 Å². The number of amides is 1. The molecule has 3 heterocycles. The minimum Gasteiger partial charge on any atom is -0.310 e. The Labute approximate surface area is 145 Å². The van der Waals surface area contributed by atoms with Gasteiger partial charge in [-0.1, -0.05) is 6.07 Å². The summed E-state index contributed by atoms with van der Waals surface area (Å²) in [6, 6.07) is 9.73. The number of aryl methyl sites for hydroxylation is 1. The summed E-state index contributed by atoms with van der Waals surface area (Å²) in [6.07, 6.45) is 1.91. The zero-order valence-electron chi connectivity index (χ0n) is 13.7. The van der Waals surface area contributed by atoms with Crippen molar-refractivity contribution in [1.29, 1.82) is 5.26 Å². The van der Waals surface area contributed by atoms with Crippen LogP contribution in [0, 0.1) is 24.2 Å². The molecule has 0 bridgehead atoms. The number of anilines is 1. The number of carbonyl (C=O) groups excluding carboxylic acids is 1. The SMILES string of the molecule is Cc1cccc(NC(=O)[C@@H]2CCCN(Cc3cc(C#N)cs3)C2)n1. The number of aromatic nitrogens is 1. The lowest BCUT2D eigenvalue weighted by atomic mass is 9.97. The van der Waals surface area contributed by atoms with Crippen molar-refractivity contribution in [2.75, 3.05) is 18.4 Å². The highest BCUT2D eigenvalue weighted by molar-refractivity contribution is 7.10. The third-order valence-corrected chi connectivity index (χ3v) is 5.10. The van der Waals surface area contributed by atoms with Crippen LogP contribution in [0.4, 0.5) is 5.82 Å². The monoisotopic (exact) mass is 340 g/mol. The van der Waals surface area contributed by atoms with E-state index in [4.69, 9.17) is 5.26 Å². The standard InChI is InChI=1S/C18H20N4OS/c1-13-4-2-6-17(20-13)21-18(23)15-5-3-7-22(10-15)11-16-8-14(9-19)12-24-16/h2,4,6,8,12,15H,3,5,7,10-11H2,1H3,(H,20,21,23)/t15-/m1/s1. The number of piperidine rings is 1. The topological polar surface area (TPSA) is 69.0 Å². The summed E-state index contributed by atoms with van der Waals surface area (Å²) < 4.78 is 0.